The first-order valence-corrected chi connectivity index (χ1v) is 3.13. The minimum absolute atomic E-state index is 0.0139. The number of amides is 1. The molecule has 3 nitrogen and oxygen atoms in total. The van der Waals surface area contributed by atoms with Crippen LogP contribution in [0.4, 0.5) is 0 Å². The molecule has 0 radical (unpaired) electrons. The second-order valence-corrected chi connectivity index (χ2v) is 2.58. The molecule has 58 valence electrons. The van der Waals surface area contributed by atoms with E-state index in [0.29, 0.717) is 0 Å². The predicted molar refractivity (Wildman–Crippen MR) is 39.2 cm³/mol. The van der Waals surface area contributed by atoms with Gasteiger partial charge in [-0.25, -0.2) is 0 Å². The quantitative estimate of drug-likeness (QED) is 0.548. The standard InChI is InChI=1S/C7H13NO2/c1-4(2)6(9)5(3)7(8)10/h4,6,9H,3H2,1-2H3,(H2,8,10)/t6-/m1/s1. The minimum atomic E-state index is -0.808. The van der Waals surface area contributed by atoms with Crippen LogP contribution in [-0.2, 0) is 4.79 Å². The molecule has 1 atom stereocenters. The number of nitrogens with two attached hydrogens (primary N) is 1. The van der Waals surface area contributed by atoms with Gasteiger partial charge in [-0.15, -0.1) is 0 Å². The predicted octanol–water partition coefficient (Wildman–Crippen LogP) is 0.0448. The fraction of sp³-hybridized carbons (Fsp3) is 0.571. The number of aliphatic hydroxyl groups is 1. The Hall–Kier alpha value is -0.830. The van der Waals surface area contributed by atoms with E-state index in [1.165, 1.54) is 0 Å². The first-order valence-electron chi connectivity index (χ1n) is 3.13. The summed E-state index contributed by atoms with van der Waals surface area (Å²) in [5.74, 6) is -0.652. The van der Waals surface area contributed by atoms with Crippen LogP contribution in [0.3, 0.4) is 0 Å². The van der Waals surface area contributed by atoms with Gasteiger partial charge in [-0.2, -0.15) is 0 Å². The zero-order valence-corrected chi connectivity index (χ0v) is 6.29. The minimum Gasteiger partial charge on any atom is -0.388 e. The van der Waals surface area contributed by atoms with Crippen molar-refractivity contribution in [3.63, 3.8) is 0 Å². The molecule has 0 heterocycles. The lowest BCUT2D eigenvalue weighted by Crippen LogP contribution is -2.27. The zero-order chi connectivity index (χ0) is 8.31. The smallest absolute Gasteiger partial charge is 0.246 e. The number of rotatable bonds is 3. The molecule has 0 aromatic carbocycles. The van der Waals surface area contributed by atoms with E-state index in [1.54, 1.807) is 13.8 Å². The third-order valence-electron chi connectivity index (χ3n) is 1.30. The first-order chi connectivity index (χ1) is 4.46. The van der Waals surface area contributed by atoms with Gasteiger partial charge in [0.1, 0.15) is 0 Å². The number of hydrogen-bond acceptors (Lipinski definition) is 2. The second kappa shape index (κ2) is 3.37. The molecule has 0 spiro atoms. The van der Waals surface area contributed by atoms with Gasteiger partial charge < -0.3 is 10.8 Å². The number of aliphatic hydroxyl groups excluding tert-OH is 1. The van der Waals surface area contributed by atoms with Crippen molar-refractivity contribution >= 4 is 5.91 Å². The van der Waals surface area contributed by atoms with Crippen molar-refractivity contribution in [3.8, 4) is 0 Å². The van der Waals surface area contributed by atoms with Gasteiger partial charge in [-0.05, 0) is 5.92 Å². The summed E-state index contributed by atoms with van der Waals surface area (Å²) < 4.78 is 0. The summed E-state index contributed by atoms with van der Waals surface area (Å²) in [6.45, 7) is 6.93. The zero-order valence-electron chi connectivity index (χ0n) is 6.29. The Morgan fingerprint density at radius 3 is 2.10 bits per heavy atom. The molecular weight excluding hydrogens is 130 g/mol. The van der Waals surface area contributed by atoms with Crippen LogP contribution in [0.2, 0.25) is 0 Å². The number of hydrogen-bond donors (Lipinski definition) is 2. The maximum absolute atomic E-state index is 10.4. The molecule has 10 heavy (non-hydrogen) atoms. The monoisotopic (exact) mass is 143 g/mol. The van der Waals surface area contributed by atoms with E-state index >= 15 is 0 Å². The Bertz CT molecular complexity index is 152. The van der Waals surface area contributed by atoms with Gasteiger partial charge in [0.15, 0.2) is 0 Å². The van der Waals surface area contributed by atoms with Crippen LogP contribution in [0, 0.1) is 5.92 Å². The van der Waals surface area contributed by atoms with Crippen LogP contribution < -0.4 is 5.73 Å². The lowest BCUT2D eigenvalue weighted by molar-refractivity contribution is -0.115. The van der Waals surface area contributed by atoms with E-state index in [0.717, 1.165) is 0 Å². The van der Waals surface area contributed by atoms with Crippen molar-refractivity contribution in [2.75, 3.05) is 0 Å². The summed E-state index contributed by atoms with van der Waals surface area (Å²) in [7, 11) is 0. The maximum atomic E-state index is 10.4. The Balaban J connectivity index is 4.08. The van der Waals surface area contributed by atoms with Crippen LogP contribution in [-0.4, -0.2) is 17.1 Å². The van der Waals surface area contributed by atoms with Crippen molar-refractivity contribution in [3.05, 3.63) is 12.2 Å². The van der Waals surface area contributed by atoms with Gasteiger partial charge >= 0.3 is 0 Å². The number of carbonyl (C=O) groups excluding carboxylic acids is 1. The highest BCUT2D eigenvalue weighted by Crippen LogP contribution is 2.08. The van der Waals surface area contributed by atoms with E-state index in [9.17, 15) is 4.79 Å². The summed E-state index contributed by atoms with van der Waals surface area (Å²) in [6, 6.07) is 0. The van der Waals surface area contributed by atoms with Crippen LogP contribution >= 0.6 is 0 Å². The Kier molecular flexibility index (Phi) is 3.09. The molecule has 0 aliphatic rings. The largest absolute Gasteiger partial charge is 0.388 e. The highest BCUT2D eigenvalue weighted by molar-refractivity contribution is 5.92. The molecule has 0 saturated heterocycles. The molecule has 0 aromatic heterocycles. The van der Waals surface area contributed by atoms with Crippen LogP contribution in [0.5, 0.6) is 0 Å². The van der Waals surface area contributed by atoms with Crippen molar-refractivity contribution in [1.29, 1.82) is 0 Å². The lowest BCUT2D eigenvalue weighted by Gasteiger charge is -2.13. The van der Waals surface area contributed by atoms with E-state index in [-0.39, 0.29) is 11.5 Å². The molecule has 0 aliphatic carbocycles. The van der Waals surface area contributed by atoms with Crippen LogP contribution in [0.25, 0.3) is 0 Å². The normalized spacial score (nSPS) is 13.2. The van der Waals surface area contributed by atoms with Crippen LogP contribution in [0.15, 0.2) is 12.2 Å². The van der Waals surface area contributed by atoms with Gasteiger partial charge in [0.25, 0.3) is 0 Å². The topological polar surface area (TPSA) is 63.3 Å². The summed E-state index contributed by atoms with van der Waals surface area (Å²) >= 11 is 0. The molecule has 0 aliphatic heterocycles. The molecular formula is C7H13NO2. The Morgan fingerprint density at radius 1 is 1.60 bits per heavy atom. The van der Waals surface area contributed by atoms with E-state index in [1.807, 2.05) is 0 Å². The van der Waals surface area contributed by atoms with Crippen molar-refractivity contribution in [2.24, 2.45) is 11.7 Å². The molecule has 0 rings (SSSR count). The van der Waals surface area contributed by atoms with Crippen molar-refractivity contribution in [2.45, 2.75) is 20.0 Å². The summed E-state index contributed by atoms with van der Waals surface area (Å²) in [6.07, 6.45) is -0.808. The maximum Gasteiger partial charge on any atom is 0.246 e. The van der Waals surface area contributed by atoms with Crippen LogP contribution in [0.1, 0.15) is 13.8 Å². The second-order valence-electron chi connectivity index (χ2n) is 2.58. The first kappa shape index (κ1) is 9.17. The van der Waals surface area contributed by atoms with Gasteiger partial charge in [-0.3, -0.25) is 4.79 Å². The summed E-state index contributed by atoms with van der Waals surface area (Å²) in [5, 5.41) is 9.16. The van der Waals surface area contributed by atoms with E-state index in [2.05, 4.69) is 6.58 Å². The fourth-order valence-electron chi connectivity index (χ4n) is 0.548. The van der Waals surface area contributed by atoms with Gasteiger partial charge in [0.05, 0.1) is 6.10 Å². The molecule has 0 unspecified atom stereocenters. The molecule has 3 N–H and O–H groups in total. The average molecular weight is 143 g/mol. The highest BCUT2D eigenvalue weighted by Gasteiger charge is 2.16. The molecule has 0 fully saturated rings. The number of primary amides is 1. The molecule has 3 heteroatoms. The van der Waals surface area contributed by atoms with Crippen molar-refractivity contribution < 1.29 is 9.90 Å². The van der Waals surface area contributed by atoms with Gasteiger partial charge in [-0.1, -0.05) is 20.4 Å². The third-order valence-corrected chi connectivity index (χ3v) is 1.30. The SMILES string of the molecule is C=C(C(N)=O)[C@H](O)C(C)C. The Labute approximate surface area is 60.5 Å². The lowest BCUT2D eigenvalue weighted by atomic mass is 10.0. The van der Waals surface area contributed by atoms with Gasteiger partial charge in [0.2, 0.25) is 5.91 Å². The summed E-state index contributed by atoms with van der Waals surface area (Å²) in [5.41, 5.74) is 4.95. The molecule has 0 aromatic rings. The average Bonchev–Trinajstić information content (AvgIpc) is 1.84. The molecule has 0 bridgehead atoms. The molecule has 0 saturated carbocycles. The highest BCUT2D eigenvalue weighted by atomic mass is 16.3. The van der Waals surface area contributed by atoms with E-state index < -0.39 is 12.0 Å². The van der Waals surface area contributed by atoms with Gasteiger partial charge in [0, 0.05) is 5.57 Å². The third kappa shape index (κ3) is 2.19. The van der Waals surface area contributed by atoms with Crippen molar-refractivity contribution in [1.82, 2.24) is 0 Å². The van der Waals surface area contributed by atoms with E-state index in [4.69, 9.17) is 10.8 Å². The number of carbonyl (C=O) groups is 1. The fourth-order valence-corrected chi connectivity index (χ4v) is 0.548. The molecule has 1 amide bonds. The summed E-state index contributed by atoms with van der Waals surface area (Å²) in [4.78, 5) is 10.4. The Morgan fingerprint density at radius 2 is 2.00 bits per heavy atom.